The maximum atomic E-state index is 11.9. The summed E-state index contributed by atoms with van der Waals surface area (Å²) in [4.78, 5) is 22.7. The second-order valence-electron chi connectivity index (χ2n) is 5.10. The van der Waals surface area contributed by atoms with Gasteiger partial charge in [0.05, 0.1) is 9.92 Å². The van der Waals surface area contributed by atoms with Gasteiger partial charge < -0.3 is 10.1 Å². The molecule has 0 aliphatic rings. The van der Waals surface area contributed by atoms with Gasteiger partial charge in [0.25, 0.3) is 15.9 Å². The van der Waals surface area contributed by atoms with Gasteiger partial charge in [-0.2, -0.15) is 0 Å². The topological polar surface area (TPSA) is 102 Å². The predicted molar refractivity (Wildman–Crippen MR) is 101 cm³/mol. The molecule has 0 atom stereocenters. The Kier molecular flexibility index (Phi) is 6.63. The van der Waals surface area contributed by atoms with Crippen LogP contribution in [0.5, 0.6) is 5.75 Å². The fourth-order valence-electron chi connectivity index (χ4n) is 1.90. The van der Waals surface area contributed by atoms with Crippen LogP contribution < -0.4 is 14.8 Å². The van der Waals surface area contributed by atoms with E-state index in [1.807, 2.05) is 4.72 Å². The Morgan fingerprint density at radius 1 is 1.15 bits per heavy atom. The number of hydrogen-bond donors (Lipinski definition) is 2. The maximum Gasteiger partial charge on any atom is 0.264 e. The Morgan fingerprint density at radius 3 is 2.38 bits per heavy atom. The van der Waals surface area contributed by atoms with Crippen LogP contribution in [0.15, 0.2) is 51.8 Å². The lowest BCUT2D eigenvalue weighted by Gasteiger charge is -2.10. The Morgan fingerprint density at radius 2 is 1.81 bits per heavy atom. The van der Waals surface area contributed by atoms with Crippen molar-refractivity contribution in [3.8, 4) is 5.75 Å². The van der Waals surface area contributed by atoms with Gasteiger partial charge in [-0.1, -0.05) is 27.5 Å². The Balaban J connectivity index is 1.96. The van der Waals surface area contributed by atoms with Gasteiger partial charge in [0, 0.05) is 17.1 Å². The van der Waals surface area contributed by atoms with E-state index in [1.54, 1.807) is 18.2 Å². The molecule has 0 fully saturated rings. The number of carbonyl (C=O) groups is 2. The van der Waals surface area contributed by atoms with Gasteiger partial charge >= 0.3 is 0 Å². The fourth-order valence-corrected chi connectivity index (χ4v) is 3.62. The summed E-state index contributed by atoms with van der Waals surface area (Å²) in [7, 11) is -3.91. The number of carbonyl (C=O) groups excluding carboxylic acids is 2. The van der Waals surface area contributed by atoms with Crippen LogP contribution in [0.25, 0.3) is 0 Å². The number of hydrogen-bond acceptors (Lipinski definition) is 5. The molecule has 0 unspecified atom stereocenters. The first kappa shape index (κ1) is 20.2. The number of amides is 2. The van der Waals surface area contributed by atoms with Crippen molar-refractivity contribution in [2.75, 3.05) is 11.9 Å². The first-order chi connectivity index (χ1) is 12.2. The molecular formula is C16H14BrClN2O5S. The zero-order chi connectivity index (χ0) is 19.3. The van der Waals surface area contributed by atoms with Crippen molar-refractivity contribution >= 4 is 55.1 Å². The first-order valence-electron chi connectivity index (χ1n) is 7.18. The minimum Gasteiger partial charge on any atom is -0.482 e. The van der Waals surface area contributed by atoms with Gasteiger partial charge in [0.2, 0.25) is 5.91 Å². The number of sulfonamides is 1. The van der Waals surface area contributed by atoms with Gasteiger partial charge in [-0.25, -0.2) is 13.1 Å². The van der Waals surface area contributed by atoms with E-state index in [-0.39, 0.29) is 11.5 Å². The van der Waals surface area contributed by atoms with E-state index in [1.165, 1.54) is 24.3 Å². The van der Waals surface area contributed by atoms with Crippen LogP contribution in [0.1, 0.15) is 6.92 Å². The third-order valence-electron chi connectivity index (χ3n) is 2.98. The molecule has 10 heteroatoms. The third-order valence-corrected chi connectivity index (χ3v) is 5.22. The monoisotopic (exact) mass is 460 g/mol. The summed E-state index contributed by atoms with van der Waals surface area (Å²) in [5.74, 6) is -0.769. The van der Waals surface area contributed by atoms with E-state index in [2.05, 4.69) is 21.2 Å². The molecular weight excluding hydrogens is 448 g/mol. The van der Waals surface area contributed by atoms with E-state index in [0.717, 1.165) is 11.4 Å². The van der Waals surface area contributed by atoms with Gasteiger partial charge in [0.1, 0.15) is 5.75 Å². The summed E-state index contributed by atoms with van der Waals surface area (Å²) >= 11 is 9.26. The Labute approximate surface area is 163 Å². The van der Waals surface area contributed by atoms with Crippen LogP contribution in [-0.2, 0) is 19.6 Å². The van der Waals surface area contributed by atoms with Crippen molar-refractivity contribution in [1.82, 2.24) is 4.72 Å². The Bertz CT molecular complexity index is 932. The quantitative estimate of drug-likeness (QED) is 0.689. The number of halogens is 2. The highest BCUT2D eigenvalue weighted by atomic mass is 79.9. The van der Waals surface area contributed by atoms with Crippen LogP contribution in [-0.4, -0.2) is 26.8 Å². The van der Waals surface area contributed by atoms with Crippen molar-refractivity contribution in [2.45, 2.75) is 11.8 Å². The standard InChI is InChI=1S/C16H14BrClN2O5S/c1-10(21)20-26(23,24)13-5-3-12(4-6-13)19-16(22)9-25-15-7-2-11(17)8-14(15)18/h2-8H,9H2,1H3,(H,19,22)(H,20,21). The zero-order valence-electron chi connectivity index (χ0n) is 13.5. The summed E-state index contributed by atoms with van der Waals surface area (Å²) in [5, 5.41) is 2.92. The van der Waals surface area contributed by atoms with E-state index < -0.39 is 21.8 Å². The number of nitrogens with one attached hydrogen (secondary N) is 2. The summed E-state index contributed by atoms with van der Waals surface area (Å²) in [6.45, 7) is 0.830. The van der Waals surface area contributed by atoms with Crippen LogP contribution in [0.2, 0.25) is 5.02 Å². The molecule has 2 aromatic rings. The second-order valence-corrected chi connectivity index (χ2v) is 8.10. The van der Waals surface area contributed by atoms with Crippen molar-refractivity contribution in [3.05, 3.63) is 52.0 Å². The third kappa shape index (κ3) is 5.72. The normalized spacial score (nSPS) is 10.9. The molecule has 0 heterocycles. The highest BCUT2D eigenvalue weighted by molar-refractivity contribution is 9.10. The molecule has 2 N–H and O–H groups in total. The maximum absolute atomic E-state index is 11.9. The average Bonchev–Trinajstić information content (AvgIpc) is 2.53. The highest BCUT2D eigenvalue weighted by Gasteiger charge is 2.15. The lowest BCUT2D eigenvalue weighted by atomic mass is 10.3. The van der Waals surface area contributed by atoms with Gasteiger partial charge in [0.15, 0.2) is 6.61 Å². The van der Waals surface area contributed by atoms with E-state index >= 15 is 0 Å². The van der Waals surface area contributed by atoms with Crippen molar-refractivity contribution in [2.24, 2.45) is 0 Å². The highest BCUT2D eigenvalue weighted by Crippen LogP contribution is 2.27. The molecule has 0 radical (unpaired) electrons. The lowest BCUT2D eigenvalue weighted by Crippen LogP contribution is -2.28. The largest absolute Gasteiger partial charge is 0.482 e. The molecule has 0 aliphatic heterocycles. The van der Waals surface area contributed by atoms with Crippen molar-refractivity contribution in [1.29, 1.82) is 0 Å². The minimum atomic E-state index is -3.91. The molecule has 2 rings (SSSR count). The van der Waals surface area contributed by atoms with E-state index in [4.69, 9.17) is 16.3 Å². The zero-order valence-corrected chi connectivity index (χ0v) is 16.6. The number of rotatable bonds is 6. The van der Waals surface area contributed by atoms with E-state index in [0.29, 0.717) is 16.5 Å². The van der Waals surface area contributed by atoms with Crippen LogP contribution in [0, 0.1) is 0 Å². The molecule has 0 spiro atoms. The molecule has 26 heavy (non-hydrogen) atoms. The summed E-state index contributed by atoms with van der Waals surface area (Å²) in [5.41, 5.74) is 0.377. The number of ether oxygens (including phenoxy) is 1. The summed E-state index contributed by atoms with van der Waals surface area (Å²) in [6, 6.07) is 10.3. The summed E-state index contributed by atoms with van der Waals surface area (Å²) < 4.78 is 31.7. The van der Waals surface area contributed by atoms with Crippen molar-refractivity contribution < 1.29 is 22.7 Å². The molecule has 0 aromatic heterocycles. The minimum absolute atomic E-state index is 0.0939. The smallest absolute Gasteiger partial charge is 0.264 e. The fraction of sp³-hybridized carbons (Fsp3) is 0.125. The predicted octanol–water partition coefficient (Wildman–Crippen LogP) is 2.94. The molecule has 0 saturated carbocycles. The van der Waals surface area contributed by atoms with E-state index in [9.17, 15) is 18.0 Å². The lowest BCUT2D eigenvalue weighted by molar-refractivity contribution is -0.118. The van der Waals surface area contributed by atoms with Crippen LogP contribution in [0.3, 0.4) is 0 Å². The molecule has 7 nitrogen and oxygen atoms in total. The molecule has 0 saturated heterocycles. The Hall–Kier alpha value is -2.10. The second kappa shape index (κ2) is 8.52. The first-order valence-corrected chi connectivity index (χ1v) is 9.84. The average molecular weight is 462 g/mol. The van der Waals surface area contributed by atoms with Gasteiger partial charge in [-0.15, -0.1) is 0 Å². The van der Waals surface area contributed by atoms with Crippen LogP contribution in [0.4, 0.5) is 5.69 Å². The molecule has 2 aromatic carbocycles. The molecule has 0 aliphatic carbocycles. The molecule has 138 valence electrons. The van der Waals surface area contributed by atoms with Crippen LogP contribution >= 0.6 is 27.5 Å². The number of anilines is 1. The number of benzene rings is 2. The molecule has 2 amide bonds. The van der Waals surface area contributed by atoms with Gasteiger partial charge in [-0.05, 0) is 42.5 Å². The SMILES string of the molecule is CC(=O)NS(=O)(=O)c1ccc(NC(=O)COc2ccc(Br)cc2Cl)cc1. The van der Waals surface area contributed by atoms with Crippen molar-refractivity contribution in [3.63, 3.8) is 0 Å². The van der Waals surface area contributed by atoms with Gasteiger partial charge in [-0.3, -0.25) is 9.59 Å². The summed E-state index contributed by atoms with van der Waals surface area (Å²) in [6.07, 6.45) is 0. The molecule has 0 bridgehead atoms.